The molecule has 1 N–H and O–H groups in total. The van der Waals surface area contributed by atoms with E-state index >= 15 is 0 Å². The monoisotopic (exact) mass is 340 g/mol. The Morgan fingerprint density at radius 3 is 2.75 bits per heavy atom. The van der Waals surface area contributed by atoms with Gasteiger partial charge in [0.25, 0.3) is 0 Å². The summed E-state index contributed by atoms with van der Waals surface area (Å²) in [5.41, 5.74) is 2.00. The van der Waals surface area contributed by atoms with E-state index in [1.54, 1.807) is 11.1 Å². The Kier molecular flexibility index (Phi) is 4.70. The van der Waals surface area contributed by atoms with Crippen molar-refractivity contribution in [2.75, 3.05) is 19.6 Å². The summed E-state index contributed by atoms with van der Waals surface area (Å²) in [6, 6.07) is 0. The van der Waals surface area contributed by atoms with E-state index in [0.29, 0.717) is 6.54 Å². The lowest BCUT2D eigenvalue weighted by Gasteiger charge is -2.29. The minimum Gasteiger partial charge on any atom is -0.443 e. The minimum atomic E-state index is -0.479. The van der Waals surface area contributed by atoms with Gasteiger partial charge in [-0.25, -0.2) is 4.79 Å². The zero-order chi connectivity index (χ0) is 14.8. The summed E-state index contributed by atoms with van der Waals surface area (Å²) >= 11 is 3.48. The van der Waals surface area contributed by atoms with Crippen molar-refractivity contribution in [1.29, 1.82) is 0 Å². The fourth-order valence-electron chi connectivity index (χ4n) is 2.17. The molecule has 1 amide bonds. The number of nitrogens with one attached hydrogen (secondary N) is 1. The van der Waals surface area contributed by atoms with Gasteiger partial charge in [0, 0.05) is 17.2 Å². The van der Waals surface area contributed by atoms with Crippen LogP contribution in [0, 0.1) is 0 Å². The zero-order valence-corrected chi connectivity index (χ0v) is 13.8. The molecule has 0 saturated carbocycles. The first-order valence-electron chi connectivity index (χ1n) is 6.83. The first-order chi connectivity index (χ1) is 9.35. The molecule has 0 aromatic carbocycles. The number of hydrogen-bond acceptors (Lipinski definition) is 3. The Balaban J connectivity index is 2.10. The SMILES string of the molecule is CC(C)(C)OC(=O)N1C=C(Br)C=C(C2=CCNCC2)C1. The summed E-state index contributed by atoms with van der Waals surface area (Å²) in [6.45, 7) is 8.06. The van der Waals surface area contributed by atoms with Crippen molar-refractivity contribution < 1.29 is 9.53 Å². The molecule has 2 rings (SSSR count). The second-order valence-corrected chi connectivity index (χ2v) is 6.89. The zero-order valence-electron chi connectivity index (χ0n) is 12.2. The van der Waals surface area contributed by atoms with Gasteiger partial charge in [0.15, 0.2) is 0 Å². The van der Waals surface area contributed by atoms with E-state index in [0.717, 1.165) is 24.0 Å². The number of ether oxygens (including phenoxy) is 1. The fraction of sp³-hybridized carbons (Fsp3) is 0.533. The average Bonchev–Trinajstić information content (AvgIpc) is 2.37. The number of carbonyl (C=O) groups is 1. The molecule has 0 aromatic rings. The van der Waals surface area contributed by atoms with Crippen LogP contribution in [0.3, 0.4) is 0 Å². The van der Waals surface area contributed by atoms with Crippen molar-refractivity contribution >= 4 is 22.0 Å². The van der Waals surface area contributed by atoms with Gasteiger partial charge in [0.1, 0.15) is 5.60 Å². The highest BCUT2D eigenvalue weighted by Gasteiger charge is 2.25. The van der Waals surface area contributed by atoms with Crippen LogP contribution in [-0.4, -0.2) is 36.2 Å². The van der Waals surface area contributed by atoms with Gasteiger partial charge in [0.05, 0.1) is 6.54 Å². The maximum Gasteiger partial charge on any atom is 0.414 e. The highest BCUT2D eigenvalue weighted by atomic mass is 79.9. The van der Waals surface area contributed by atoms with Crippen LogP contribution in [0.4, 0.5) is 4.79 Å². The number of rotatable bonds is 1. The summed E-state index contributed by atoms with van der Waals surface area (Å²) in [5, 5.41) is 3.29. The molecule has 5 heteroatoms. The molecule has 2 heterocycles. The Morgan fingerprint density at radius 2 is 2.15 bits per heavy atom. The number of allylic oxidation sites excluding steroid dienone is 2. The molecule has 0 aliphatic carbocycles. The molecule has 0 bridgehead atoms. The molecule has 2 aliphatic heterocycles. The van der Waals surface area contributed by atoms with E-state index < -0.39 is 5.60 Å². The van der Waals surface area contributed by atoms with Gasteiger partial charge in [-0.05, 0) is 66.9 Å². The molecular formula is C15H21BrN2O2. The van der Waals surface area contributed by atoms with Gasteiger partial charge in [-0.3, -0.25) is 4.90 Å². The molecular weight excluding hydrogens is 320 g/mol. The molecule has 0 aromatic heterocycles. The molecule has 110 valence electrons. The van der Waals surface area contributed by atoms with Crippen LogP contribution >= 0.6 is 15.9 Å². The van der Waals surface area contributed by atoms with Crippen LogP contribution in [0.15, 0.2) is 34.0 Å². The number of halogens is 1. The van der Waals surface area contributed by atoms with Crippen molar-refractivity contribution in [3.8, 4) is 0 Å². The fourth-order valence-corrected chi connectivity index (χ4v) is 2.70. The van der Waals surface area contributed by atoms with Crippen LogP contribution < -0.4 is 5.32 Å². The third-order valence-corrected chi connectivity index (χ3v) is 3.47. The summed E-state index contributed by atoms with van der Waals surface area (Å²) < 4.78 is 6.32. The van der Waals surface area contributed by atoms with Gasteiger partial charge in [-0.1, -0.05) is 6.08 Å². The van der Waals surface area contributed by atoms with Crippen LogP contribution in [0.5, 0.6) is 0 Å². The van der Waals surface area contributed by atoms with Crippen molar-refractivity contribution in [3.63, 3.8) is 0 Å². The van der Waals surface area contributed by atoms with E-state index in [4.69, 9.17) is 4.74 Å². The second-order valence-electron chi connectivity index (χ2n) is 5.98. The van der Waals surface area contributed by atoms with Crippen molar-refractivity contribution in [2.24, 2.45) is 0 Å². The molecule has 20 heavy (non-hydrogen) atoms. The van der Waals surface area contributed by atoms with Gasteiger partial charge in [0.2, 0.25) is 0 Å². The number of hydrogen-bond donors (Lipinski definition) is 1. The lowest BCUT2D eigenvalue weighted by atomic mass is 9.98. The number of amides is 1. The summed E-state index contributed by atoms with van der Waals surface area (Å²) in [7, 11) is 0. The normalized spacial score (nSPS) is 20.0. The topological polar surface area (TPSA) is 41.6 Å². The Labute approximate surface area is 128 Å². The Bertz CT molecular complexity index is 487. The smallest absolute Gasteiger partial charge is 0.414 e. The average molecular weight is 341 g/mol. The van der Waals surface area contributed by atoms with E-state index in [1.807, 2.05) is 20.8 Å². The van der Waals surface area contributed by atoms with Crippen LogP contribution in [0.25, 0.3) is 0 Å². The van der Waals surface area contributed by atoms with Crippen molar-refractivity contribution in [3.05, 3.63) is 34.0 Å². The molecule has 0 fully saturated rings. The Hall–Kier alpha value is -1.07. The highest BCUT2D eigenvalue weighted by Crippen LogP contribution is 2.26. The molecule has 0 radical (unpaired) electrons. The molecule has 0 spiro atoms. The van der Waals surface area contributed by atoms with Gasteiger partial charge < -0.3 is 10.1 Å². The molecule has 4 nitrogen and oxygen atoms in total. The standard InChI is InChI=1S/C15H21BrN2O2/c1-15(2,3)20-14(19)18-9-12(8-13(16)10-18)11-4-6-17-7-5-11/h4,8,10,17H,5-7,9H2,1-3H3. The maximum atomic E-state index is 12.2. The molecule has 0 unspecified atom stereocenters. The van der Waals surface area contributed by atoms with Gasteiger partial charge >= 0.3 is 6.09 Å². The van der Waals surface area contributed by atoms with E-state index in [9.17, 15) is 4.79 Å². The predicted octanol–water partition coefficient (Wildman–Crippen LogP) is 3.32. The molecule has 0 atom stereocenters. The molecule has 0 saturated heterocycles. The Morgan fingerprint density at radius 1 is 1.40 bits per heavy atom. The minimum absolute atomic E-state index is 0.311. The third kappa shape index (κ3) is 4.21. The van der Waals surface area contributed by atoms with E-state index in [2.05, 4.69) is 33.4 Å². The van der Waals surface area contributed by atoms with E-state index in [1.165, 1.54) is 11.1 Å². The van der Waals surface area contributed by atoms with E-state index in [-0.39, 0.29) is 6.09 Å². The van der Waals surface area contributed by atoms with Crippen LogP contribution in [0.2, 0.25) is 0 Å². The first kappa shape index (κ1) is 15.3. The van der Waals surface area contributed by atoms with Crippen molar-refractivity contribution in [2.45, 2.75) is 32.8 Å². The third-order valence-electron chi connectivity index (χ3n) is 3.04. The lowest BCUT2D eigenvalue weighted by Crippen LogP contribution is -2.36. The predicted molar refractivity (Wildman–Crippen MR) is 83.6 cm³/mol. The summed E-state index contributed by atoms with van der Waals surface area (Å²) in [4.78, 5) is 13.8. The first-order valence-corrected chi connectivity index (χ1v) is 7.62. The lowest BCUT2D eigenvalue weighted by molar-refractivity contribution is 0.0346. The van der Waals surface area contributed by atoms with Gasteiger partial charge in [-0.15, -0.1) is 0 Å². The van der Waals surface area contributed by atoms with Crippen LogP contribution in [-0.2, 0) is 4.74 Å². The van der Waals surface area contributed by atoms with Crippen molar-refractivity contribution in [1.82, 2.24) is 10.2 Å². The summed E-state index contributed by atoms with van der Waals surface area (Å²) in [6.07, 6.45) is 6.73. The van der Waals surface area contributed by atoms with Crippen LogP contribution in [0.1, 0.15) is 27.2 Å². The summed E-state index contributed by atoms with van der Waals surface area (Å²) in [5.74, 6) is 0. The molecule has 2 aliphatic rings. The highest BCUT2D eigenvalue weighted by molar-refractivity contribution is 9.11. The maximum absolute atomic E-state index is 12.2. The second kappa shape index (κ2) is 6.14. The number of carbonyl (C=O) groups excluding carboxylic acids is 1. The largest absolute Gasteiger partial charge is 0.443 e. The van der Waals surface area contributed by atoms with Gasteiger partial charge in [-0.2, -0.15) is 0 Å². The quantitative estimate of drug-likeness (QED) is 0.796. The number of nitrogens with zero attached hydrogens (tertiary/aromatic N) is 1.